The fourth-order valence-corrected chi connectivity index (χ4v) is 1.68. The van der Waals surface area contributed by atoms with Gasteiger partial charge >= 0.3 is 5.97 Å². The third kappa shape index (κ3) is 1.57. The number of hydrogen-bond donors (Lipinski definition) is 3. The number of H-pyrrole nitrogens is 1. The van der Waals surface area contributed by atoms with Gasteiger partial charge in [-0.3, -0.25) is 4.98 Å². The van der Waals surface area contributed by atoms with Gasteiger partial charge in [-0.05, 0) is 24.6 Å². The largest absolute Gasteiger partial charge is 0.477 e. The molecule has 5 nitrogen and oxygen atoms in total. The number of hydrogen-bond acceptors (Lipinski definition) is 3. The monoisotopic (exact) mass is 205 g/mol. The van der Waals surface area contributed by atoms with Gasteiger partial charge in [0.2, 0.25) is 0 Å². The van der Waals surface area contributed by atoms with Gasteiger partial charge in [-0.2, -0.15) is 0 Å². The highest BCUT2D eigenvalue weighted by Gasteiger charge is 2.15. The summed E-state index contributed by atoms with van der Waals surface area (Å²) in [5.41, 5.74) is 7.18. The van der Waals surface area contributed by atoms with E-state index in [0.717, 1.165) is 16.5 Å². The molecule has 78 valence electrons. The lowest BCUT2D eigenvalue weighted by atomic mass is 10.1. The third-order valence-electron chi connectivity index (χ3n) is 2.32. The van der Waals surface area contributed by atoms with Crippen LogP contribution in [0.3, 0.4) is 0 Å². The first-order valence-electron chi connectivity index (χ1n) is 4.62. The van der Waals surface area contributed by atoms with Gasteiger partial charge in [0.25, 0.3) is 0 Å². The lowest BCUT2D eigenvalue weighted by Crippen LogP contribution is -2.07. The standard InChI is InChI=1S/C10H11N3O2/c11-3-1-6-7-5-12-4-2-8(7)13-9(6)10(14)15/h2,4-5,13H,1,3,11H2,(H,14,15). The fraction of sp³-hybridized carbons (Fsp3) is 0.200. The van der Waals surface area contributed by atoms with Gasteiger partial charge in [0.05, 0.1) is 0 Å². The highest BCUT2D eigenvalue weighted by atomic mass is 16.4. The van der Waals surface area contributed by atoms with Crippen molar-refractivity contribution in [1.29, 1.82) is 0 Å². The molecule has 0 bridgehead atoms. The maximum Gasteiger partial charge on any atom is 0.352 e. The summed E-state index contributed by atoms with van der Waals surface area (Å²) < 4.78 is 0. The summed E-state index contributed by atoms with van der Waals surface area (Å²) in [5.74, 6) is -0.963. The summed E-state index contributed by atoms with van der Waals surface area (Å²) in [5, 5.41) is 9.83. The Morgan fingerprint density at radius 1 is 1.60 bits per heavy atom. The van der Waals surface area contributed by atoms with Gasteiger partial charge in [0.1, 0.15) is 5.69 Å². The average molecular weight is 205 g/mol. The predicted molar refractivity (Wildman–Crippen MR) is 55.8 cm³/mol. The normalized spacial score (nSPS) is 10.7. The van der Waals surface area contributed by atoms with Gasteiger partial charge in [0.15, 0.2) is 0 Å². The second-order valence-corrected chi connectivity index (χ2v) is 3.24. The lowest BCUT2D eigenvalue weighted by Gasteiger charge is -1.97. The highest BCUT2D eigenvalue weighted by Crippen LogP contribution is 2.21. The predicted octanol–water partition coefficient (Wildman–Crippen LogP) is 0.762. The third-order valence-corrected chi connectivity index (χ3v) is 2.32. The molecule has 0 atom stereocenters. The molecule has 4 N–H and O–H groups in total. The highest BCUT2D eigenvalue weighted by molar-refractivity contribution is 5.97. The Labute approximate surface area is 85.9 Å². The zero-order valence-electron chi connectivity index (χ0n) is 8.03. The van der Waals surface area contributed by atoms with Crippen LogP contribution < -0.4 is 5.73 Å². The van der Waals surface area contributed by atoms with E-state index in [0.29, 0.717) is 13.0 Å². The minimum Gasteiger partial charge on any atom is -0.477 e. The molecule has 0 saturated heterocycles. The maximum atomic E-state index is 11.0. The summed E-state index contributed by atoms with van der Waals surface area (Å²) in [6.07, 6.45) is 3.81. The van der Waals surface area contributed by atoms with E-state index in [1.54, 1.807) is 18.5 Å². The van der Waals surface area contributed by atoms with E-state index in [1.165, 1.54) is 0 Å². The number of nitrogens with zero attached hydrogens (tertiary/aromatic N) is 1. The van der Waals surface area contributed by atoms with Crippen LogP contribution >= 0.6 is 0 Å². The molecular weight excluding hydrogens is 194 g/mol. The number of aromatic nitrogens is 2. The number of carboxylic acid groups (broad SMARTS) is 1. The van der Waals surface area contributed by atoms with Gasteiger partial charge in [0, 0.05) is 23.3 Å². The van der Waals surface area contributed by atoms with Crippen LogP contribution in [0.15, 0.2) is 18.5 Å². The van der Waals surface area contributed by atoms with Crippen molar-refractivity contribution in [3.8, 4) is 0 Å². The Kier molecular flexibility index (Phi) is 2.39. The Morgan fingerprint density at radius 2 is 2.40 bits per heavy atom. The molecule has 0 radical (unpaired) electrons. The summed E-state index contributed by atoms with van der Waals surface area (Å²) in [4.78, 5) is 17.8. The average Bonchev–Trinajstić information content (AvgIpc) is 2.58. The molecule has 5 heteroatoms. The number of pyridine rings is 1. The first kappa shape index (κ1) is 9.67. The second-order valence-electron chi connectivity index (χ2n) is 3.24. The van der Waals surface area contributed by atoms with Gasteiger partial charge in [-0.25, -0.2) is 4.79 Å². The molecule has 2 aromatic heterocycles. The minimum atomic E-state index is -0.963. The van der Waals surface area contributed by atoms with E-state index in [-0.39, 0.29) is 5.69 Å². The van der Waals surface area contributed by atoms with Crippen molar-refractivity contribution in [2.45, 2.75) is 6.42 Å². The van der Waals surface area contributed by atoms with Crippen molar-refractivity contribution in [3.63, 3.8) is 0 Å². The Hall–Kier alpha value is -1.88. The minimum absolute atomic E-state index is 0.212. The quantitative estimate of drug-likeness (QED) is 0.689. The van der Waals surface area contributed by atoms with Crippen molar-refractivity contribution >= 4 is 16.9 Å². The molecule has 0 aliphatic carbocycles. The Morgan fingerprint density at radius 3 is 3.07 bits per heavy atom. The SMILES string of the molecule is NCCc1c(C(=O)O)[nH]c2ccncc12. The number of fused-ring (bicyclic) bond motifs is 1. The second kappa shape index (κ2) is 3.70. The molecule has 2 rings (SSSR count). The van der Waals surface area contributed by atoms with E-state index in [4.69, 9.17) is 10.8 Å². The number of rotatable bonds is 3. The van der Waals surface area contributed by atoms with Crippen LogP contribution in [0.2, 0.25) is 0 Å². The smallest absolute Gasteiger partial charge is 0.352 e. The van der Waals surface area contributed by atoms with Crippen LogP contribution in [-0.4, -0.2) is 27.6 Å². The van der Waals surface area contributed by atoms with Crippen LogP contribution in [0.4, 0.5) is 0 Å². The van der Waals surface area contributed by atoms with Gasteiger partial charge in [-0.1, -0.05) is 0 Å². The molecule has 0 unspecified atom stereocenters. The zero-order chi connectivity index (χ0) is 10.8. The number of carboxylic acids is 1. The summed E-state index contributed by atoms with van der Waals surface area (Å²) in [6, 6.07) is 1.75. The number of aromatic carboxylic acids is 1. The van der Waals surface area contributed by atoms with Crippen LogP contribution in [0.25, 0.3) is 10.9 Å². The molecule has 2 aromatic rings. The topological polar surface area (TPSA) is 92.0 Å². The van der Waals surface area contributed by atoms with E-state index in [2.05, 4.69) is 9.97 Å². The van der Waals surface area contributed by atoms with Crippen molar-refractivity contribution in [2.75, 3.05) is 6.54 Å². The first-order valence-corrected chi connectivity index (χ1v) is 4.62. The molecule has 0 spiro atoms. The maximum absolute atomic E-state index is 11.0. The van der Waals surface area contributed by atoms with Gasteiger partial charge < -0.3 is 15.8 Å². The number of nitrogens with two attached hydrogens (primary N) is 1. The van der Waals surface area contributed by atoms with Crippen LogP contribution in [0.1, 0.15) is 16.1 Å². The number of carbonyl (C=O) groups is 1. The van der Waals surface area contributed by atoms with E-state index >= 15 is 0 Å². The molecule has 0 aliphatic rings. The Balaban J connectivity index is 2.68. The van der Waals surface area contributed by atoms with Crippen LogP contribution in [0.5, 0.6) is 0 Å². The molecule has 0 aromatic carbocycles. The van der Waals surface area contributed by atoms with Crippen LogP contribution in [0, 0.1) is 0 Å². The molecule has 2 heterocycles. The lowest BCUT2D eigenvalue weighted by molar-refractivity contribution is 0.0690. The molecule has 0 aliphatic heterocycles. The molecular formula is C10H11N3O2. The summed E-state index contributed by atoms with van der Waals surface area (Å²) in [6.45, 7) is 0.419. The first-order chi connectivity index (χ1) is 7.24. The van der Waals surface area contributed by atoms with E-state index in [1.807, 2.05) is 0 Å². The van der Waals surface area contributed by atoms with E-state index < -0.39 is 5.97 Å². The molecule has 15 heavy (non-hydrogen) atoms. The van der Waals surface area contributed by atoms with Crippen molar-refractivity contribution in [2.24, 2.45) is 5.73 Å². The molecule has 0 saturated carbocycles. The van der Waals surface area contributed by atoms with Crippen LogP contribution in [-0.2, 0) is 6.42 Å². The fourth-order valence-electron chi connectivity index (χ4n) is 1.68. The molecule has 0 fully saturated rings. The van der Waals surface area contributed by atoms with Crippen molar-refractivity contribution in [3.05, 3.63) is 29.7 Å². The summed E-state index contributed by atoms with van der Waals surface area (Å²) >= 11 is 0. The number of aromatic amines is 1. The van der Waals surface area contributed by atoms with E-state index in [9.17, 15) is 4.79 Å². The Bertz CT molecular complexity index is 504. The summed E-state index contributed by atoms with van der Waals surface area (Å²) in [7, 11) is 0. The van der Waals surface area contributed by atoms with Gasteiger partial charge in [-0.15, -0.1) is 0 Å². The zero-order valence-corrected chi connectivity index (χ0v) is 8.03. The number of nitrogens with one attached hydrogen (secondary N) is 1. The molecule has 0 amide bonds. The van der Waals surface area contributed by atoms with Crippen molar-refractivity contribution in [1.82, 2.24) is 9.97 Å². The van der Waals surface area contributed by atoms with Crippen molar-refractivity contribution < 1.29 is 9.90 Å².